The van der Waals surface area contributed by atoms with Crippen LogP contribution in [-0.4, -0.2) is 35.0 Å². The predicted octanol–water partition coefficient (Wildman–Crippen LogP) is 2.66. The summed E-state index contributed by atoms with van der Waals surface area (Å²) in [4.78, 5) is 26.5. The number of hydrogen-bond acceptors (Lipinski definition) is 7. The molecule has 0 spiro atoms. The lowest BCUT2D eigenvalue weighted by atomic mass is 9.88. The monoisotopic (exact) mass is 363 g/mol. The van der Waals surface area contributed by atoms with Crippen LogP contribution in [-0.2, 0) is 16.1 Å². The van der Waals surface area contributed by atoms with E-state index in [-0.39, 0.29) is 24.4 Å². The highest BCUT2D eigenvalue weighted by molar-refractivity contribution is 6.30. The van der Waals surface area contributed by atoms with Gasteiger partial charge in [0.1, 0.15) is 0 Å². The van der Waals surface area contributed by atoms with Gasteiger partial charge in [0, 0.05) is 19.1 Å². The molecule has 1 aromatic carbocycles. The zero-order chi connectivity index (χ0) is 18.6. The molecule has 0 radical (unpaired) electrons. The first kappa shape index (κ1) is 18.9. The van der Waals surface area contributed by atoms with E-state index in [4.69, 9.17) is 22.1 Å². The number of anilines is 2. The maximum Gasteiger partial charge on any atom is 0.314 e. The van der Waals surface area contributed by atoms with Gasteiger partial charge in [-0.2, -0.15) is 15.0 Å². The van der Waals surface area contributed by atoms with Crippen LogP contribution in [0.2, 0.25) is 5.02 Å². The molecule has 0 unspecified atom stereocenters. The molecular weight excluding hydrogens is 342 g/mol. The Morgan fingerprint density at radius 3 is 2.40 bits per heavy atom. The van der Waals surface area contributed by atoms with E-state index in [0.717, 1.165) is 5.56 Å². The molecule has 7 nitrogen and oxygen atoms in total. The van der Waals surface area contributed by atoms with Crippen molar-refractivity contribution in [2.24, 2.45) is 5.92 Å². The summed E-state index contributed by atoms with van der Waals surface area (Å²) in [5.74, 6) is 0.129. The number of hydrogen-bond donors (Lipinski definition) is 1. The van der Waals surface area contributed by atoms with Gasteiger partial charge < -0.3 is 15.4 Å². The van der Waals surface area contributed by atoms with Gasteiger partial charge in [-0.25, -0.2) is 0 Å². The molecule has 1 atom stereocenters. The summed E-state index contributed by atoms with van der Waals surface area (Å²) >= 11 is 5.92. The van der Waals surface area contributed by atoms with Gasteiger partial charge in [-0.1, -0.05) is 37.6 Å². The Morgan fingerprint density at radius 2 is 1.84 bits per heavy atom. The summed E-state index contributed by atoms with van der Waals surface area (Å²) in [6.07, 6.45) is 0. The maximum atomic E-state index is 12.6. The molecule has 0 aliphatic heterocycles. The SMILES string of the molecule is CC(C)[C@H](C(=O)OCc1nc(N)nc(N(C)C)n1)c1ccc(Cl)cc1. The Kier molecular flexibility index (Phi) is 6.14. The molecule has 8 heteroatoms. The quantitative estimate of drug-likeness (QED) is 0.788. The van der Waals surface area contributed by atoms with E-state index in [0.29, 0.717) is 16.8 Å². The van der Waals surface area contributed by atoms with Crippen LogP contribution in [0.15, 0.2) is 24.3 Å². The van der Waals surface area contributed by atoms with Crippen LogP contribution in [0.1, 0.15) is 31.2 Å². The highest BCUT2D eigenvalue weighted by atomic mass is 35.5. The first-order valence-corrected chi connectivity index (χ1v) is 8.25. The molecule has 0 bridgehead atoms. The van der Waals surface area contributed by atoms with Gasteiger partial charge in [0.15, 0.2) is 12.4 Å². The Bertz CT molecular complexity index is 734. The van der Waals surface area contributed by atoms with Crippen molar-refractivity contribution in [2.75, 3.05) is 24.7 Å². The molecular formula is C17H22ClN5O2. The number of carbonyl (C=O) groups is 1. The summed E-state index contributed by atoms with van der Waals surface area (Å²) in [7, 11) is 3.58. The van der Waals surface area contributed by atoms with Gasteiger partial charge in [0.2, 0.25) is 11.9 Å². The molecule has 0 aliphatic carbocycles. The van der Waals surface area contributed by atoms with Crippen LogP contribution in [0.5, 0.6) is 0 Å². The van der Waals surface area contributed by atoms with Crippen molar-refractivity contribution in [2.45, 2.75) is 26.4 Å². The minimum absolute atomic E-state index is 0.0643. The zero-order valence-electron chi connectivity index (χ0n) is 14.7. The molecule has 0 saturated heterocycles. The lowest BCUT2D eigenvalue weighted by Gasteiger charge is -2.20. The normalized spacial score (nSPS) is 12.1. The molecule has 1 heterocycles. The number of carbonyl (C=O) groups excluding carboxylic acids is 1. The average molecular weight is 364 g/mol. The van der Waals surface area contributed by atoms with E-state index in [1.165, 1.54) is 0 Å². The van der Waals surface area contributed by atoms with Crippen LogP contribution in [0.3, 0.4) is 0 Å². The average Bonchev–Trinajstić information content (AvgIpc) is 2.54. The van der Waals surface area contributed by atoms with Crippen LogP contribution in [0.25, 0.3) is 0 Å². The number of aromatic nitrogens is 3. The third-order valence-electron chi connectivity index (χ3n) is 3.58. The third kappa shape index (κ3) is 5.03. The number of nitrogen functional groups attached to an aromatic ring is 1. The van der Waals surface area contributed by atoms with Crippen LogP contribution >= 0.6 is 11.6 Å². The smallest absolute Gasteiger partial charge is 0.314 e. The number of halogens is 1. The van der Waals surface area contributed by atoms with Crippen molar-refractivity contribution in [3.8, 4) is 0 Å². The zero-order valence-corrected chi connectivity index (χ0v) is 15.5. The van der Waals surface area contributed by atoms with Gasteiger partial charge in [-0.15, -0.1) is 0 Å². The van der Waals surface area contributed by atoms with Gasteiger partial charge in [0.25, 0.3) is 0 Å². The second kappa shape index (κ2) is 8.11. The van der Waals surface area contributed by atoms with E-state index >= 15 is 0 Å². The fourth-order valence-electron chi connectivity index (χ4n) is 2.38. The van der Waals surface area contributed by atoms with E-state index in [1.807, 2.05) is 26.0 Å². The van der Waals surface area contributed by atoms with Gasteiger partial charge in [-0.3, -0.25) is 4.79 Å². The Balaban J connectivity index is 2.13. The largest absolute Gasteiger partial charge is 0.457 e. The molecule has 0 aliphatic rings. The number of rotatable bonds is 6. The second-order valence-electron chi connectivity index (χ2n) is 6.19. The summed E-state index contributed by atoms with van der Waals surface area (Å²) in [5.41, 5.74) is 6.53. The van der Waals surface area contributed by atoms with Crippen molar-refractivity contribution in [3.63, 3.8) is 0 Å². The third-order valence-corrected chi connectivity index (χ3v) is 3.83. The maximum absolute atomic E-state index is 12.6. The van der Waals surface area contributed by atoms with E-state index < -0.39 is 5.92 Å². The van der Waals surface area contributed by atoms with E-state index in [1.54, 1.807) is 31.1 Å². The highest BCUT2D eigenvalue weighted by Crippen LogP contribution is 2.27. The molecule has 2 N–H and O–H groups in total. The summed E-state index contributed by atoms with van der Waals surface area (Å²) in [6.45, 7) is 3.86. The van der Waals surface area contributed by atoms with Crippen LogP contribution < -0.4 is 10.6 Å². The molecule has 134 valence electrons. The Morgan fingerprint density at radius 1 is 1.20 bits per heavy atom. The van der Waals surface area contributed by atoms with Gasteiger partial charge in [-0.05, 0) is 23.6 Å². The van der Waals surface area contributed by atoms with Crippen molar-refractivity contribution < 1.29 is 9.53 Å². The summed E-state index contributed by atoms with van der Waals surface area (Å²) in [5, 5.41) is 0.622. The fourth-order valence-corrected chi connectivity index (χ4v) is 2.50. The summed E-state index contributed by atoms with van der Waals surface area (Å²) < 4.78 is 5.43. The topological polar surface area (TPSA) is 94.2 Å². The van der Waals surface area contributed by atoms with Crippen molar-refractivity contribution in [1.29, 1.82) is 0 Å². The van der Waals surface area contributed by atoms with Gasteiger partial charge in [0.05, 0.1) is 5.92 Å². The van der Waals surface area contributed by atoms with Crippen LogP contribution in [0, 0.1) is 5.92 Å². The Hall–Kier alpha value is -2.41. The second-order valence-corrected chi connectivity index (χ2v) is 6.62. The number of benzene rings is 1. The number of ether oxygens (including phenoxy) is 1. The summed E-state index contributed by atoms with van der Waals surface area (Å²) in [6, 6.07) is 7.18. The van der Waals surface area contributed by atoms with Gasteiger partial charge >= 0.3 is 5.97 Å². The first-order chi connectivity index (χ1) is 11.8. The molecule has 2 aromatic rings. The molecule has 0 fully saturated rings. The molecule has 1 aromatic heterocycles. The highest BCUT2D eigenvalue weighted by Gasteiger charge is 2.26. The van der Waals surface area contributed by atoms with Crippen molar-refractivity contribution >= 4 is 29.5 Å². The molecule has 2 rings (SSSR count). The lowest BCUT2D eigenvalue weighted by molar-refractivity contribution is -0.148. The van der Waals surface area contributed by atoms with E-state index in [2.05, 4.69) is 15.0 Å². The predicted molar refractivity (Wildman–Crippen MR) is 97.4 cm³/mol. The Labute approximate surface area is 152 Å². The lowest BCUT2D eigenvalue weighted by Crippen LogP contribution is -2.22. The first-order valence-electron chi connectivity index (χ1n) is 7.87. The van der Waals surface area contributed by atoms with Crippen molar-refractivity contribution in [3.05, 3.63) is 40.7 Å². The molecule has 0 amide bonds. The fraction of sp³-hybridized carbons (Fsp3) is 0.412. The number of esters is 1. The number of nitrogens with zero attached hydrogens (tertiary/aromatic N) is 4. The minimum atomic E-state index is -0.398. The van der Waals surface area contributed by atoms with E-state index in [9.17, 15) is 4.79 Å². The standard InChI is InChI=1S/C17H22ClN5O2/c1-10(2)14(11-5-7-12(18)8-6-11)15(24)25-9-13-20-16(19)22-17(21-13)23(3)4/h5-8,10,14H,9H2,1-4H3,(H2,19,20,21,22)/t14-/m0/s1. The number of nitrogens with two attached hydrogens (primary N) is 1. The molecule has 25 heavy (non-hydrogen) atoms. The minimum Gasteiger partial charge on any atom is -0.457 e. The van der Waals surface area contributed by atoms with Crippen LogP contribution in [0.4, 0.5) is 11.9 Å². The van der Waals surface area contributed by atoms with Crippen molar-refractivity contribution in [1.82, 2.24) is 15.0 Å². The molecule has 0 saturated carbocycles.